The molecule has 0 aromatic carbocycles. The Morgan fingerprint density at radius 1 is 1.08 bits per heavy atom. The molecule has 12 heteroatoms. The van der Waals surface area contributed by atoms with Gasteiger partial charge in [-0.3, -0.25) is 18.7 Å². The summed E-state index contributed by atoms with van der Waals surface area (Å²) in [6.07, 6.45) is 15.0. The second-order valence-corrected chi connectivity index (χ2v) is 11.1. The molecule has 1 fully saturated rings. The van der Waals surface area contributed by atoms with Crippen molar-refractivity contribution >= 4 is 22.1 Å². The van der Waals surface area contributed by atoms with Gasteiger partial charge >= 0.3 is 5.69 Å². The molecule has 212 valence electrons. The van der Waals surface area contributed by atoms with E-state index < -0.39 is 32.5 Å². The first-order valence-electron chi connectivity index (χ1n) is 13.1. The van der Waals surface area contributed by atoms with Crippen LogP contribution >= 0.6 is 0 Å². The van der Waals surface area contributed by atoms with E-state index in [0.29, 0.717) is 24.1 Å². The number of rotatable bonds is 11. The van der Waals surface area contributed by atoms with Crippen molar-refractivity contribution in [1.82, 2.24) is 19.6 Å². The highest BCUT2D eigenvalue weighted by molar-refractivity contribution is 7.86. The minimum Gasteiger partial charge on any atom is -0.859 e. The van der Waals surface area contributed by atoms with Crippen LogP contribution in [-0.2, 0) is 28.0 Å². The summed E-state index contributed by atoms with van der Waals surface area (Å²) in [5, 5.41) is 13.2. The number of carbonyl (C=O) groups excluding carboxylic acids is 1. The Morgan fingerprint density at radius 3 is 2.33 bits per heavy atom. The molecule has 2 heterocycles. The van der Waals surface area contributed by atoms with E-state index >= 15 is 0 Å². The number of carbonyl (C=O) groups is 1. The largest absolute Gasteiger partial charge is 0.859 e. The van der Waals surface area contributed by atoms with Crippen LogP contribution in [0, 0.1) is 0 Å². The van der Waals surface area contributed by atoms with Gasteiger partial charge in [0.05, 0.1) is 11.7 Å². The maximum Gasteiger partial charge on any atom is 0.330 e. The predicted octanol–water partition coefficient (Wildman–Crippen LogP) is 2.02. The van der Waals surface area contributed by atoms with Gasteiger partial charge in [0.15, 0.2) is 0 Å². The number of nitrogens with one attached hydrogen (secondary N) is 1. The van der Waals surface area contributed by atoms with Gasteiger partial charge in [0.2, 0.25) is 0 Å². The fraction of sp³-hybridized carbons (Fsp3) is 0.444. The van der Waals surface area contributed by atoms with Gasteiger partial charge in [0.25, 0.3) is 21.6 Å². The normalized spacial score (nSPS) is 21.1. The van der Waals surface area contributed by atoms with Gasteiger partial charge in [-0.2, -0.15) is 8.42 Å². The molecule has 1 aliphatic heterocycles. The second-order valence-electron chi connectivity index (χ2n) is 9.45. The van der Waals surface area contributed by atoms with E-state index in [4.69, 9.17) is 0 Å². The molecule has 1 aliphatic carbocycles. The topological polar surface area (TPSA) is 154 Å². The van der Waals surface area contributed by atoms with E-state index in [9.17, 15) is 32.5 Å². The Bertz CT molecular complexity index is 1460. The number of amides is 1. The summed E-state index contributed by atoms with van der Waals surface area (Å²) >= 11 is 0. The molecule has 2 aliphatic rings. The van der Waals surface area contributed by atoms with Gasteiger partial charge in [-0.1, -0.05) is 63.1 Å². The van der Waals surface area contributed by atoms with E-state index in [-0.39, 0.29) is 37.0 Å². The monoisotopic (exact) mass is 559 g/mol. The van der Waals surface area contributed by atoms with Gasteiger partial charge in [-0.15, -0.1) is 0 Å². The molecule has 0 saturated carbocycles. The summed E-state index contributed by atoms with van der Waals surface area (Å²) in [6.45, 7) is 6.19. The minimum atomic E-state index is -4.21. The van der Waals surface area contributed by atoms with Crippen LogP contribution in [0.1, 0.15) is 58.4 Å². The van der Waals surface area contributed by atoms with Crippen molar-refractivity contribution in [2.75, 3.05) is 0 Å². The first-order valence-corrected chi connectivity index (χ1v) is 14.6. The highest BCUT2D eigenvalue weighted by Gasteiger charge is 2.34. The number of nitrogens with zero attached hydrogens (tertiary/aromatic N) is 3. The van der Waals surface area contributed by atoms with Crippen LogP contribution in [0.25, 0.3) is 6.08 Å². The smallest absolute Gasteiger partial charge is 0.330 e. The molecule has 3 rings (SSSR count). The standard InChI is InChI=1S/C27H36N4O7S/c1-4-6-17-29-24(32)23(25(33)30(27(29)35)18-7-5-2)12-10-8-9-11-22-19(3)28-31(26(22)34)20-13-15-21(16-14-20)39(36,37)38/h8-15,19,21,28,32H,4-7,16-18H2,1-3H3,(H,36,37,38)/p-1/b9-8-,12-10+,22-11+/t19?,21-/m0/s1. The van der Waals surface area contributed by atoms with Crippen molar-refractivity contribution in [3.63, 3.8) is 0 Å². The maximum atomic E-state index is 12.9. The minimum absolute atomic E-state index is 0.0435. The second kappa shape index (κ2) is 13.0. The fourth-order valence-corrected chi connectivity index (χ4v) is 4.88. The van der Waals surface area contributed by atoms with E-state index in [1.165, 1.54) is 29.3 Å². The Balaban J connectivity index is 1.79. The Kier molecular flexibility index (Phi) is 10.1. The van der Waals surface area contributed by atoms with Crippen LogP contribution in [0.15, 0.2) is 63.4 Å². The Morgan fingerprint density at radius 2 is 1.74 bits per heavy atom. The lowest BCUT2D eigenvalue weighted by Gasteiger charge is -2.21. The first kappa shape index (κ1) is 30.1. The summed E-state index contributed by atoms with van der Waals surface area (Å²) in [7, 11) is -4.21. The van der Waals surface area contributed by atoms with Crippen molar-refractivity contribution in [3.8, 4) is 5.88 Å². The van der Waals surface area contributed by atoms with Crippen molar-refractivity contribution in [2.24, 2.45) is 0 Å². The third-order valence-electron chi connectivity index (χ3n) is 6.57. The fourth-order valence-electron chi connectivity index (χ4n) is 4.27. The SMILES string of the molecule is CCCCn1c([O-])c(/C=C/C=C\C=C2\C(=O)N(C3=CC[C@@H](S(=O)(=O)O)C=C3)NC2C)c(=O)n(CCCC)c1=O. The van der Waals surface area contributed by atoms with Gasteiger partial charge in [-0.25, -0.2) is 15.2 Å². The molecule has 1 unspecified atom stereocenters. The predicted molar refractivity (Wildman–Crippen MR) is 147 cm³/mol. The molecule has 0 radical (unpaired) electrons. The summed E-state index contributed by atoms with van der Waals surface area (Å²) in [4.78, 5) is 38.6. The van der Waals surface area contributed by atoms with Gasteiger partial charge in [0.1, 0.15) is 5.25 Å². The first-order chi connectivity index (χ1) is 18.5. The molecule has 1 aromatic heterocycles. The number of aromatic nitrogens is 2. The average Bonchev–Trinajstić information content (AvgIpc) is 3.18. The van der Waals surface area contributed by atoms with Crippen LogP contribution in [0.2, 0.25) is 0 Å². The molecule has 1 aromatic rings. The zero-order chi connectivity index (χ0) is 28.7. The van der Waals surface area contributed by atoms with E-state index in [0.717, 1.165) is 22.0 Å². The van der Waals surface area contributed by atoms with Gasteiger partial charge < -0.3 is 9.67 Å². The molecule has 1 amide bonds. The van der Waals surface area contributed by atoms with Crippen LogP contribution in [0.3, 0.4) is 0 Å². The third-order valence-corrected chi connectivity index (χ3v) is 7.68. The van der Waals surface area contributed by atoms with Crippen LogP contribution in [0.5, 0.6) is 5.88 Å². The Hall–Kier alpha value is -3.48. The molecule has 11 nitrogen and oxygen atoms in total. The molecule has 0 bridgehead atoms. The zero-order valence-corrected chi connectivity index (χ0v) is 23.2. The average molecular weight is 560 g/mol. The van der Waals surface area contributed by atoms with Gasteiger partial charge in [-0.05, 0) is 44.2 Å². The van der Waals surface area contributed by atoms with E-state index in [2.05, 4.69) is 5.43 Å². The highest BCUT2D eigenvalue weighted by Crippen LogP contribution is 2.24. The molecule has 2 N–H and O–H groups in total. The molecule has 39 heavy (non-hydrogen) atoms. The Labute approximate surface area is 227 Å². The lowest BCUT2D eigenvalue weighted by molar-refractivity contribution is -0.280. The molecular weight excluding hydrogens is 524 g/mol. The number of allylic oxidation sites excluding steroid dienone is 6. The van der Waals surface area contributed by atoms with Crippen molar-refractivity contribution in [1.29, 1.82) is 0 Å². The highest BCUT2D eigenvalue weighted by atomic mass is 32.2. The molecular formula is C27H35N4O7S-. The number of hydrogen-bond donors (Lipinski definition) is 2. The van der Waals surface area contributed by atoms with Crippen molar-refractivity contribution in [3.05, 3.63) is 80.2 Å². The number of hydrogen-bond acceptors (Lipinski definition) is 7. The summed E-state index contributed by atoms with van der Waals surface area (Å²) in [5.41, 5.74) is 2.67. The van der Waals surface area contributed by atoms with E-state index in [1.807, 2.05) is 13.8 Å². The lowest BCUT2D eigenvalue weighted by Crippen LogP contribution is -2.42. The molecule has 1 saturated heterocycles. The van der Waals surface area contributed by atoms with Crippen LogP contribution in [0.4, 0.5) is 0 Å². The summed E-state index contributed by atoms with van der Waals surface area (Å²) in [6, 6.07) is -0.333. The lowest BCUT2D eigenvalue weighted by atomic mass is 10.1. The van der Waals surface area contributed by atoms with E-state index in [1.54, 1.807) is 31.2 Å². The van der Waals surface area contributed by atoms with Crippen molar-refractivity contribution < 1.29 is 22.9 Å². The number of unbranched alkanes of at least 4 members (excludes halogenated alkanes) is 2. The van der Waals surface area contributed by atoms with Crippen molar-refractivity contribution in [2.45, 2.75) is 77.3 Å². The number of hydrazine groups is 1. The van der Waals surface area contributed by atoms with Gasteiger partial charge in [0, 0.05) is 24.2 Å². The summed E-state index contributed by atoms with van der Waals surface area (Å²) in [5.74, 6) is -0.931. The third kappa shape index (κ3) is 6.94. The quantitative estimate of drug-likeness (QED) is 0.237. The van der Waals surface area contributed by atoms with Crippen LogP contribution < -0.4 is 21.8 Å². The van der Waals surface area contributed by atoms with Crippen LogP contribution in [-0.4, -0.2) is 44.3 Å². The zero-order valence-electron chi connectivity index (χ0n) is 22.4. The molecule has 2 atom stereocenters. The molecule has 0 spiro atoms. The summed E-state index contributed by atoms with van der Waals surface area (Å²) < 4.78 is 34.1. The maximum absolute atomic E-state index is 12.9.